The first-order chi connectivity index (χ1) is 18.8. The standard InChI is InChI=1S/C28H33N5O5S/c1-3-37-19-15-13-17(14-16-19)24(27(35)31-18-9-5-6-10-18)33(20-11-7-8-12-21(20)38-4-2)28(36)25-22(29)23(26(30)34)32-39-25/h7-8,11-16,18,24H,3-6,9-10,29H2,1-2H3,(H2,30,34)(H,31,35). The quantitative estimate of drug-likeness (QED) is 0.325. The number of carbonyl (C=O) groups excluding carboxylic acids is 3. The molecule has 0 bridgehead atoms. The SMILES string of the molecule is CCOc1ccc(C(C(=O)NC2CCCC2)N(C(=O)c2snc(C(N)=O)c2N)c2ccccc2OCC)cc1. The number of nitrogens with two attached hydrogens (primary N) is 2. The van der Waals surface area contributed by atoms with E-state index in [-0.39, 0.29) is 28.2 Å². The van der Waals surface area contributed by atoms with Crippen LogP contribution in [0.25, 0.3) is 0 Å². The topological polar surface area (TPSA) is 150 Å². The minimum atomic E-state index is -1.09. The van der Waals surface area contributed by atoms with Gasteiger partial charge in [0.2, 0.25) is 5.91 Å². The number of para-hydroxylation sites is 2. The Hall–Kier alpha value is -4.12. The zero-order valence-corrected chi connectivity index (χ0v) is 22.8. The van der Waals surface area contributed by atoms with Crippen LogP contribution in [0.5, 0.6) is 11.5 Å². The minimum absolute atomic E-state index is 0.000274. The fraction of sp³-hybridized carbons (Fsp3) is 0.357. The van der Waals surface area contributed by atoms with Crippen LogP contribution in [0.4, 0.5) is 11.4 Å². The van der Waals surface area contributed by atoms with Crippen LogP contribution in [0.3, 0.4) is 0 Å². The third-order valence-electron chi connectivity index (χ3n) is 6.51. The number of nitrogens with zero attached hydrogens (tertiary/aromatic N) is 2. The third-order valence-corrected chi connectivity index (χ3v) is 7.36. The number of amides is 3. The number of rotatable bonds is 11. The maximum Gasteiger partial charge on any atom is 0.273 e. The molecule has 3 aromatic rings. The molecule has 1 fully saturated rings. The van der Waals surface area contributed by atoms with Crippen LogP contribution in [0.15, 0.2) is 48.5 Å². The molecule has 206 valence electrons. The molecule has 1 unspecified atom stereocenters. The van der Waals surface area contributed by atoms with Crippen molar-refractivity contribution in [2.24, 2.45) is 5.73 Å². The predicted molar refractivity (Wildman–Crippen MR) is 150 cm³/mol. The first kappa shape index (κ1) is 27.9. The van der Waals surface area contributed by atoms with Crippen LogP contribution in [0.2, 0.25) is 0 Å². The van der Waals surface area contributed by atoms with Gasteiger partial charge in [0.05, 0.1) is 24.6 Å². The molecular formula is C28H33N5O5S. The molecule has 11 heteroatoms. The third kappa shape index (κ3) is 6.14. The molecule has 3 amide bonds. The lowest BCUT2D eigenvalue weighted by atomic mass is 10.0. The molecule has 39 heavy (non-hydrogen) atoms. The molecule has 4 rings (SSSR count). The van der Waals surface area contributed by atoms with Gasteiger partial charge in [-0.2, -0.15) is 4.37 Å². The van der Waals surface area contributed by atoms with Gasteiger partial charge >= 0.3 is 0 Å². The number of aromatic nitrogens is 1. The Bertz CT molecular complexity index is 1320. The summed E-state index contributed by atoms with van der Waals surface area (Å²) in [4.78, 5) is 41.5. The van der Waals surface area contributed by atoms with Crippen molar-refractivity contribution >= 4 is 40.6 Å². The molecule has 1 aliphatic carbocycles. The fourth-order valence-electron chi connectivity index (χ4n) is 4.72. The molecule has 1 saturated carbocycles. The Morgan fingerprint density at radius 2 is 1.72 bits per heavy atom. The number of carbonyl (C=O) groups is 3. The molecule has 0 saturated heterocycles. The summed E-state index contributed by atoms with van der Waals surface area (Å²) in [7, 11) is 0. The summed E-state index contributed by atoms with van der Waals surface area (Å²) >= 11 is 0.762. The number of nitrogens with one attached hydrogen (secondary N) is 1. The van der Waals surface area contributed by atoms with Gasteiger partial charge in [0, 0.05) is 6.04 Å². The molecule has 0 spiro atoms. The first-order valence-electron chi connectivity index (χ1n) is 13.0. The minimum Gasteiger partial charge on any atom is -0.494 e. The number of hydrogen-bond donors (Lipinski definition) is 3. The molecule has 1 aromatic heterocycles. The summed E-state index contributed by atoms with van der Waals surface area (Å²) in [5, 5.41) is 3.14. The lowest BCUT2D eigenvalue weighted by molar-refractivity contribution is -0.123. The van der Waals surface area contributed by atoms with Gasteiger partial charge in [0.25, 0.3) is 11.8 Å². The van der Waals surface area contributed by atoms with E-state index >= 15 is 0 Å². The summed E-state index contributed by atoms with van der Waals surface area (Å²) in [6.07, 6.45) is 3.80. The van der Waals surface area contributed by atoms with Gasteiger partial charge in [-0.15, -0.1) is 0 Å². The molecule has 1 heterocycles. The van der Waals surface area contributed by atoms with Crippen molar-refractivity contribution in [3.63, 3.8) is 0 Å². The number of ether oxygens (including phenoxy) is 2. The Kier molecular flexibility index (Phi) is 9.03. The second-order valence-corrected chi connectivity index (χ2v) is 9.88. The van der Waals surface area contributed by atoms with E-state index in [9.17, 15) is 14.4 Å². The van der Waals surface area contributed by atoms with Gasteiger partial charge in [-0.1, -0.05) is 37.1 Å². The van der Waals surface area contributed by atoms with Gasteiger partial charge in [-0.25, -0.2) is 0 Å². The van der Waals surface area contributed by atoms with E-state index in [2.05, 4.69) is 9.69 Å². The normalized spacial score (nSPS) is 14.0. The second-order valence-electron chi connectivity index (χ2n) is 9.11. The highest BCUT2D eigenvalue weighted by Gasteiger charge is 2.38. The van der Waals surface area contributed by atoms with Crippen LogP contribution in [0.1, 0.15) is 71.3 Å². The Labute approximate surface area is 231 Å². The highest BCUT2D eigenvalue weighted by atomic mass is 32.1. The number of primary amides is 1. The van der Waals surface area contributed by atoms with Crippen LogP contribution >= 0.6 is 11.5 Å². The van der Waals surface area contributed by atoms with Crippen LogP contribution in [0, 0.1) is 0 Å². The fourth-order valence-corrected chi connectivity index (χ4v) is 5.46. The van der Waals surface area contributed by atoms with Crippen molar-refractivity contribution in [2.75, 3.05) is 23.8 Å². The van der Waals surface area contributed by atoms with Crippen molar-refractivity contribution in [3.05, 3.63) is 64.7 Å². The highest BCUT2D eigenvalue weighted by Crippen LogP contribution is 2.38. The summed E-state index contributed by atoms with van der Waals surface area (Å²) in [6, 6.07) is 13.0. The Morgan fingerprint density at radius 1 is 1.05 bits per heavy atom. The van der Waals surface area contributed by atoms with E-state index < -0.39 is 17.9 Å². The lowest BCUT2D eigenvalue weighted by Crippen LogP contribution is -2.46. The van der Waals surface area contributed by atoms with Crippen LogP contribution in [-0.4, -0.2) is 41.4 Å². The van der Waals surface area contributed by atoms with E-state index in [4.69, 9.17) is 20.9 Å². The van der Waals surface area contributed by atoms with Crippen molar-refractivity contribution in [1.29, 1.82) is 0 Å². The Balaban J connectivity index is 1.88. The second kappa shape index (κ2) is 12.6. The van der Waals surface area contributed by atoms with Gasteiger partial charge in [-0.3, -0.25) is 19.3 Å². The lowest BCUT2D eigenvalue weighted by Gasteiger charge is -2.33. The summed E-state index contributed by atoms with van der Waals surface area (Å²) in [5.41, 5.74) is 12.2. The van der Waals surface area contributed by atoms with Gasteiger partial charge in [0.15, 0.2) is 5.69 Å². The van der Waals surface area contributed by atoms with Crippen molar-refractivity contribution in [2.45, 2.75) is 51.6 Å². The first-order valence-corrected chi connectivity index (χ1v) is 13.8. The van der Waals surface area contributed by atoms with Crippen LogP contribution < -0.4 is 31.2 Å². The maximum absolute atomic E-state index is 14.3. The molecular weight excluding hydrogens is 518 g/mol. The van der Waals surface area contributed by atoms with Crippen LogP contribution in [-0.2, 0) is 4.79 Å². The van der Waals surface area contributed by atoms with E-state index in [0.717, 1.165) is 37.2 Å². The average Bonchev–Trinajstić information content (AvgIpc) is 3.58. The smallest absolute Gasteiger partial charge is 0.273 e. The predicted octanol–water partition coefficient (Wildman–Crippen LogP) is 4.07. The Morgan fingerprint density at radius 3 is 2.33 bits per heavy atom. The largest absolute Gasteiger partial charge is 0.494 e. The molecule has 0 aliphatic heterocycles. The summed E-state index contributed by atoms with van der Waals surface area (Å²) in [6.45, 7) is 4.55. The summed E-state index contributed by atoms with van der Waals surface area (Å²) in [5.74, 6) is -0.738. The van der Waals surface area contributed by atoms with Crippen molar-refractivity contribution in [3.8, 4) is 11.5 Å². The van der Waals surface area contributed by atoms with E-state index in [1.54, 1.807) is 48.5 Å². The van der Waals surface area contributed by atoms with Gasteiger partial charge in [0.1, 0.15) is 22.4 Å². The average molecular weight is 552 g/mol. The number of benzene rings is 2. The number of hydrogen-bond acceptors (Lipinski definition) is 8. The van der Waals surface area contributed by atoms with E-state index in [1.807, 2.05) is 13.8 Å². The zero-order chi connectivity index (χ0) is 27.9. The molecule has 10 nitrogen and oxygen atoms in total. The summed E-state index contributed by atoms with van der Waals surface area (Å²) < 4.78 is 15.5. The van der Waals surface area contributed by atoms with Crippen molar-refractivity contribution < 1.29 is 23.9 Å². The van der Waals surface area contributed by atoms with Gasteiger partial charge in [-0.05, 0) is 68.1 Å². The maximum atomic E-state index is 14.3. The zero-order valence-electron chi connectivity index (χ0n) is 22.0. The van der Waals surface area contributed by atoms with E-state index in [0.29, 0.717) is 36.0 Å². The van der Waals surface area contributed by atoms with E-state index in [1.165, 1.54) is 4.90 Å². The number of anilines is 2. The molecule has 2 aromatic carbocycles. The molecule has 5 N–H and O–H groups in total. The molecule has 0 radical (unpaired) electrons. The number of nitrogen functional groups attached to an aromatic ring is 1. The monoisotopic (exact) mass is 551 g/mol. The highest BCUT2D eigenvalue weighted by molar-refractivity contribution is 7.09. The van der Waals surface area contributed by atoms with Gasteiger partial charge < -0.3 is 26.3 Å². The van der Waals surface area contributed by atoms with Crippen molar-refractivity contribution in [1.82, 2.24) is 9.69 Å². The molecule has 1 atom stereocenters. The molecule has 1 aliphatic rings.